The Labute approximate surface area is 87.8 Å². The standard InChI is InChI=1S/C11H24N2O/c1-10-9-11(5-6-12-10)14-8-4-7-13(2)3/h10-12H,4-9H2,1-3H3. The minimum atomic E-state index is 0.494. The van der Waals surface area contributed by atoms with E-state index in [0.717, 1.165) is 26.1 Å². The molecule has 3 nitrogen and oxygen atoms in total. The molecule has 14 heavy (non-hydrogen) atoms. The Bertz CT molecular complexity index is 150. The molecule has 1 heterocycles. The van der Waals surface area contributed by atoms with Gasteiger partial charge in [0.15, 0.2) is 0 Å². The topological polar surface area (TPSA) is 24.5 Å². The fourth-order valence-electron chi connectivity index (χ4n) is 1.87. The van der Waals surface area contributed by atoms with Gasteiger partial charge in [0.25, 0.3) is 0 Å². The quantitative estimate of drug-likeness (QED) is 0.673. The minimum absolute atomic E-state index is 0.494. The first-order valence-electron chi connectivity index (χ1n) is 5.68. The molecule has 0 saturated carbocycles. The van der Waals surface area contributed by atoms with E-state index in [1.54, 1.807) is 0 Å². The van der Waals surface area contributed by atoms with Crippen molar-refractivity contribution in [1.82, 2.24) is 10.2 Å². The summed E-state index contributed by atoms with van der Waals surface area (Å²) >= 11 is 0. The van der Waals surface area contributed by atoms with E-state index >= 15 is 0 Å². The van der Waals surface area contributed by atoms with Crippen LogP contribution < -0.4 is 5.32 Å². The van der Waals surface area contributed by atoms with E-state index in [9.17, 15) is 0 Å². The summed E-state index contributed by atoms with van der Waals surface area (Å²) in [5, 5.41) is 3.43. The van der Waals surface area contributed by atoms with Crippen molar-refractivity contribution in [2.45, 2.75) is 38.3 Å². The van der Waals surface area contributed by atoms with Crippen molar-refractivity contribution in [1.29, 1.82) is 0 Å². The highest BCUT2D eigenvalue weighted by Crippen LogP contribution is 2.12. The molecule has 1 aliphatic heterocycles. The molecule has 1 fully saturated rings. The molecule has 2 atom stereocenters. The van der Waals surface area contributed by atoms with Gasteiger partial charge in [-0.25, -0.2) is 0 Å². The third-order valence-corrected chi connectivity index (χ3v) is 2.68. The molecule has 3 heteroatoms. The smallest absolute Gasteiger partial charge is 0.0602 e. The van der Waals surface area contributed by atoms with Gasteiger partial charge < -0.3 is 15.0 Å². The highest BCUT2D eigenvalue weighted by Gasteiger charge is 2.18. The van der Waals surface area contributed by atoms with Crippen molar-refractivity contribution in [3.05, 3.63) is 0 Å². The monoisotopic (exact) mass is 200 g/mol. The molecule has 84 valence electrons. The molecular weight excluding hydrogens is 176 g/mol. The Balaban J connectivity index is 2.00. The van der Waals surface area contributed by atoms with E-state index in [2.05, 4.69) is 31.2 Å². The van der Waals surface area contributed by atoms with Gasteiger partial charge in [0, 0.05) is 12.6 Å². The highest BCUT2D eigenvalue weighted by atomic mass is 16.5. The van der Waals surface area contributed by atoms with Gasteiger partial charge in [-0.3, -0.25) is 0 Å². The van der Waals surface area contributed by atoms with E-state index in [-0.39, 0.29) is 0 Å². The lowest BCUT2D eigenvalue weighted by atomic mass is 10.0. The number of nitrogens with zero attached hydrogens (tertiary/aromatic N) is 1. The van der Waals surface area contributed by atoms with Crippen LogP contribution in [0.1, 0.15) is 26.2 Å². The number of nitrogens with one attached hydrogen (secondary N) is 1. The van der Waals surface area contributed by atoms with E-state index in [0.29, 0.717) is 12.1 Å². The normalized spacial score (nSPS) is 28.3. The lowest BCUT2D eigenvalue weighted by Gasteiger charge is -2.28. The van der Waals surface area contributed by atoms with E-state index < -0.39 is 0 Å². The summed E-state index contributed by atoms with van der Waals surface area (Å²) in [4.78, 5) is 2.20. The van der Waals surface area contributed by atoms with Crippen molar-refractivity contribution in [3.8, 4) is 0 Å². The molecule has 2 unspecified atom stereocenters. The van der Waals surface area contributed by atoms with Crippen LogP contribution in [0, 0.1) is 0 Å². The van der Waals surface area contributed by atoms with E-state index in [1.807, 2.05) is 0 Å². The fraction of sp³-hybridized carbons (Fsp3) is 1.00. The SMILES string of the molecule is CC1CC(OCCCN(C)C)CCN1. The Kier molecular flexibility index (Phi) is 5.45. The molecule has 0 radical (unpaired) electrons. The van der Waals surface area contributed by atoms with Crippen LogP contribution in [0.2, 0.25) is 0 Å². The van der Waals surface area contributed by atoms with Crippen LogP contribution in [0.4, 0.5) is 0 Å². The number of hydrogen-bond acceptors (Lipinski definition) is 3. The summed E-state index contributed by atoms with van der Waals surface area (Å²) in [6, 6.07) is 0.627. The van der Waals surface area contributed by atoms with Gasteiger partial charge in [-0.05, 0) is 53.4 Å². The lowest BCUT2D eigenvalue weighted by Crippen LogP contribution is -2.39. The molecule has 1 saturated heterocycles. The zero-order valence-electron chi connectivity index (χ0n) is 9.75. The maximum absolute atomic E-state index is 5.84. The Hall–Kier alpha value is -0.120. The van der Waals surface area contributed by atoms with Crippen molar-refractivity contribution < 1.29 is 4.74 Å². The summed E-state index contributed by atoms with van der Waals surface area (Å²) < 4.78 is 5.84. The molecule has 0 bridgehead atoms. The molecule has 0 aromatic rings. The summed E-state index contributed by atoms with van der Waals surface area (Å²) in [6.07, 6.45) is 3.98. The number of piperidine rings is 1. The molecule has 0 amide bonds. The van der Waals surface area contributed by atoms with Gasteiger partial charge in [-0.15, -0.1) is 0 Å². The van der Waals surface area contributed by atoms with Crippen molar-refractivity contribution in [2.24, 2.45) is 0 Å². The van der Waals surface area contributed by atoms with E-state index in [1.165, 1.54) is 12.8 Å². The molecule has 1 N–H and O–H groups in total. The Morgan fingerprint density at radius 3 is 2.86 bits per heavy atom. The third kappa shape index (κ3) is 4.94. The average Bonchev–Trinajstić information content (AvgIpc) is 2.12. The summed E-state index contributed by atoms with van der Waals surface area (Å²) in [6.45, 7) is 5.38. The fourth-order valence-corrected chi connectivity index (χ4v) is 1.87. The predicted molar refractivity (Wildman–Crippen MR) is 59.6 cm³/mol. The van der Waals surface area contributed by atoms with Gasteiger partial charge in [-0.2, -0.15) is 0 Å². The van der Waals surface area contributed by atoms with Crippen molar-refractivity contribution in [2.75, 3.05) is 33.8 Å². The second-order valence-corrected chi connectivity index (χ2v) is 4.53. The second-order valence-electron chi connectivity index (χ2n) is 4.53. The average molecular weight is 200 g/mol. The first-order chi connectivity index (χ1) is 6.68. The first-order valence-corrected chi connectivity index (χ1v) is 5.68. The Morgan fingerprint density at radius 1 is 1.43 bits per heavy atom. The molecule has 1 aliphatic rings. The summed E-state index contributed by atoms with van der Waals surface area (Å²) in [5.74, 6) is 0. The minimum Gasteiger partial charge on any atom is -0.378 e. The summed E-state index contributed by atoms with van der Waals surface area (Å²) in [5.41, 5.74) is 0. The second kappa shape index (κ2) is 6.38. The molecule has 0 aliphatic carbocycles. The van der Waals surface area contributed by atoms with Gasteiger partial charge in [0.05, 0.1) is 6.10 Å². The maximum Gasteiger partial charge on any atom is 0.0602 e. The van der Waals surface area contributed by atoms with Crippen LogP contribution in [0.3, 0.4) is 0 Å². The number of ether oxygens (including phenoxy) is 1. The largest absolute Gasteiger partial charge is 0.378 e. The predicted octanol–water partition coefficient (Wildman–Crippen LogP) is 1.10. The zero-order chi connectivity index (χ0) is 10.4. The molecule has 0 spiro atoms. The Morgan fingerprint density at radius 2 is 2.21 bits per heavy atom. The van der Waals surface area contributed by atoms with E-state index in [4.69, 9.17) is 4.74 Å². The summed E-state index contributed by atoms with van der Waals surface area (Å²) in [7, 11) is 4.21. The van der Waals surface area contributed by atoms with Crippen LogP contribution in [-0.4, -0.2) is 50.8 Å². The number of rotatable bonds is 5. The zero-order valence-corrected chi connectivity index (χ0v) is 9.75. The lowest BCUT2D eigenvalue weighted by molar-refractivity contribution is 0.0207. The van der Waals surface area contributed by atoms with Crippen LogP contribution in [0.5, 0.6) is 0 Å². The third-order valence-electron chi connectivity index (χ3n) is 2.68. The maximum atomic E-state index is 5.84. The van der Waals surface area contributed by atoms with Crippen molar-refractivity contribution in [3.63, 3.8) is 0 Å². The molecular formula is C11H24N2O. The van der Waals surface area contributed by atoms with Gasteiger partial charge >= 0.3 is 0 Å². The van der Waals surface area contributed by atoms with Gasteiger partial charge in [0.2, 0.25) is 0 Å². The van der Waals surface area contributed by atoms with Crippen LogP contribution in [0.15, 0.2) is 0 Å². The van der Waals surface area contributed by atoms with Crippen LogP contribution in [-0.2, 0) is 4.74 Å². The molecule has 0 aromatic heterocycles. The van der Waals surface area contributed by atoms with Crippen molar-refractivity contribution >= 4 is 0 Å². The molecule has 1 rings (SSSR count). The van der Waals surface area contributed by atoms with Crippen LogP contribution in [0.25, 0.3) is 0 Å². The number of hydrogen-bond donors (Lipinski definition) is 1. The molecule has 0 aromatic carbocycles. The first kappa shape index (κ1) is 12.0. The van der Waals surface area contributed by atoms with Gasteiger partial charge in [-0.1, -0.05) is 0 Å². The highest BCUT2D eigenvalue weighted by molar-refractivity contribution is 4.75. The van der Waals surface area contributed by atoms with Crippen LogP contribution >= 0.6 is 0 Å². The van der Waals surface area contributed by atoms with Gasteiger partial charge in [0.1, 0.15) is 0 Å².